The second-order valence-electron chi connectivity index (χ2n) is 2.75. The molecule has 1 aromatic carbocycles. The van der Waals surface area contributed by atoms with Gasteiger partial charge in [0, 0.05) is 0 Å². The smallest absolute Gasteiger partial charge is 0.335 e. The summed E-state index contributed by atoms with van der Waals surface area (Å²) in [6.07, 6.45) is 4.21. The Kier molecular flexibility index (Phi) is 2.76. The number of carboxylic acids is 1. The van der Waals surface area contributed by atoms with Crippen molar-refractivity contribution in [2.24, 2.45) is 0 Å². The van der Waals surface area contributed by atoms with Gasteiger partial charge in [-0.15, -0.1) is 0 Å². The first-order valence-electron chi connectivity index (χ1n) is 3.62. The van der Waals surface area contributed by atoms with Gasteiger partial charge in [0.1, 0.15) is 0 Å². The van der Waals surface area contributed by atoms with Gasteiger partial charge in [0.25, 0.3) is 0 Å². The Morgan fingerprint density at radius 3 is 2.58 bits per heavy atom. The summed E-state index contributed by atoms with van der Waals surface area (Å²) < 4.78 is 0. The third-order valence-corrected chi connectivity index (χ3v) is 2.92. The van der Waals surface area contributed by atoms with Gasteiger partial charge in [-0.05, 0) is 29.5 Å². The third kappa shape index (κ3) is 2.01. The van der Waals surface area contributed by atoms with Gasteiger partial charge < -0.3 is 5.11 Å². The van der Waals surface area contributed by atoms with E-state index in [1.54, 1.807) is 18.2 Å². The largest absolute Gasteiger partial charge is 0.478 e. The van der Waals surface area contributed by atoms with Crippen LogP contribution < -0.4 is 0 Å². The van der Waals surface area contributed by atoms with Crippen molar-refractivity contribution in [3.05, 3.63) is 29.8 Å². The second kappa shape index (κ2) is 3.63. The van der Waals surface area contributed by atoms with Crippen molar-refractivity contribution in [1.82, 2.24) is 0 Å². The third-order valence-electron chi connectivity index (χ3n) is 1.61. The van der Waals surface area contributed by atoms with Crippen molar-refractivity contribution in [3.8, 4) is 0 Å². The molecule has 0 spiro atoms. The van der Waals surface area contributed by atoms with Crippen LogP contribution in [0.4, 0.5) is 0 Å². The van der Waals surface area contributed by atoms with Crippen molar-refractivity contribution in [3.63, 3.8) is 0 Å². The maximum Gasteiger partial charge on any atom is 0.335 e. The van der Waals surface area contributed by atoms with Crippen LogP contribution in [0, 0.1) is 0 Å². The molecule has 0 amide bonds. The molecule has 1 rings (SSSR count). The summed E-state index contributed by atoms with van der Waals surface area (Å²) in [7, 11) is -0.200. The number of aromatic carboxylic acids is 1. The predicted molar refractivity (Wildman–Crippen MR) is 52.5 cm³/mol. The summed E-state index contributed by atoms with van der Waals surface area (Å²) in [6, 6.07) is 7.12. The van der Waals surface area contributed by atoms with Crippen LogP contribution in [0.2, 0.25) is 0 Å². The summed E-state index contributed by atoms with van der Waals surface area (Å²) in [5.41, 5.74) is 0.378. The van der Waals surface area contributed by atoms with E-state index in [4.69, 9.17) is 5.11 Å². The quantitative estimate of drug-likeness (QED) is 0.690. The van der Waals surface area contributed by atoms with Gasteiger partial charge in [0.05, 0.1) is 5.56 Å². The molecule has 66 valence electrons. The molecule has 0 fully saturated rings. The zero-order valence-electron chi connectivity index (χ0n) is 7.11. The molecule has 0 aliphatic heterocycles. The Hall–Kier alpha value is -0.960. The number of carbonyl (C=O) groups is 1. The zero-order valence-corrected chi connectivity index (χ0v) is 8.01. The molecule has 0 saturated carbocycles. The molecule has 0 unspecified atom stereocenters. The fourth-order valence-electron chi connectivity index (χ4n) is 0.917. The van der Waals surface area contributed by atoms with Crippen LogP contribution in [0.25, 0.3) is 0 Å². The van der Waals surface area contributed by atoms with E-state index in [9.17, 15) is 4.79 Å². The standard InChI is InChI=1S/C9H12O2S/c1-12(2)8-5-3-4-7(6-8)9(10)11/h3-6,12H,1-2H3,(H,10,11). The fraction of sp³-hybridized carbons (Fsp3) is 0.222. The van der Waals surface area contributed by atoms with Crippen molar-refractivity contribution >= 4 is 16.9 Å². The number of hydrogen-bond acceptors (Lipinski definition) is 1. The highest BCUT2D eigenvalue weighted by Crippen LogP contribution is 2.28. The minimum atomic E-state index is -0.853. The number of thiol groups is 1. The molecule has 3 heteroatoms. The molecule has 12 heavy (non-hydrogen) atoms. The molecule has 0 aliphatic rings. The van der Waals surface area contributed by atoms with Gasteiger partial charge in [-0.3, -0.25) is 0 Å². The molecule has 1 aromatic rings. The minimum Gasteiger partial charge on any atom is -0.478 e. The molecule has 0 heterocycles. The van der Waals surface area contributed by atoms with Crippen LogP contribution in [0.1, 0.15) is 10.4 Å². The van der Waals surface area contributed by atoms with E-state index in [0.717, 1.165) is 4.90 Å². The lowest BCUT2D eigenvalue weighted by Gasteiger charge is -2.09. The minimum absolute atomic E-state index is 0.200. The lowest BCUT2D eigenvalue weighted by atomic mass is 10.2. The lowest BCUT2D eigenvalue weighted by molar-refractivity contribution is 0.0696. The van der Waals surface area contributed by atoms with Crippen LogP contribution >= 0.6 is 10.9 Å². The van der Waals surface area contributed by atoms with Gasteiger partial charge in [-0.25, -0.2) is 15.7 Å². The SMILES string of the molecule is C[SH](C)c1cccc(C(=O)O)c1. The van der Waals surface area contributed by atoms with Gasteiger partial charge in [0.2, 0.25) is 0 Å². The van der Waals surface area contributed by atoms with Crippen molar-refractivity contribution in [2.75, 3.05) is 12.5 Å². The van der Waals surface area contributed by atoms with E-state index in [2.05, 4.69) is 12.5 Å². The maximum atomic E-state index is 10.6. The van der Waals surface area contributed by atoms with Crippen LogP contribution in [0.5, 0.6) is 0 Å². The zero-order chi connectivity index (χ0) is 9.14. The molecule has 2 nitrogen and oxygen atoms in total. The van der Waals surface area contributed by atoms with Gasteiger partial charge in [-0.1, -0.05) is 12.1 Å². The molecule has 0 atom stereocenters. The Morgan fingerprint density at radius 2 is 2.08 bits per heavy atom. The van der Waals surface area contributed by atoms with Crippen molar-refractivity contribution in [1.29, 1.82) is 0 Å². The Labute approximate surface area is 74.6 Å². The predicted octanol–water partition coefficient (Wildman–Crippen LogP) is 2.00. The summed E-state index contributed by atoms with van der Waals surface area (Å²) in [5.74, 6) is -0.853. The first-order chi connectivity index (χ1) is 5.61. The van der Waals surface area contributed by atoms with Crippen LogP contribution in [-0.2, 0) is 0 Å². The van der Waals surface area contributed by atoms with E-state index < -0.39 is 5.97 Å². The number of benzene rings is 1. The number of hydrogen-bond donors (Lipinski definition) is 2. The molecule has 0 saturated heterocycles. The Morgan fingerprint density at radius 1 is 1.42 bits per heavy atom. The monoisotopic (exact) mass is 184 g/mol. The Balaban J connectivity index is 3.04. The highest BCUT2D eigenvalue weighted by atomic mass is 32.2. The number of carboxylic acid groups (broad SMARTS) is 1. The van der Waals surface area contributed by atoms with E-state index in [1.807, 2.05) is 6.07 Å². The van der Waals surface area contributed by atoms with E-state index in [1.165, 1.54) is 0 Å². The molecular weight excluding hydrogens is 172 g/mol. The molecule has 0 aromatic heterocycles. The summed E-state index contributed by atoms with van der Waals surface area (Å²) >= 11 is 0. The average Bonchev–Trinajstić information content (AvgIpc) is 2.04. The number of rotatable bonds is 2. The van der Waals surface area contributed by atoms with Crippen LogP contribution in [-0.4, -0.2) is 23.6 Å². The Bertz CT molecular complexity index is 294. The van der Waals surface area contributed by atoms with E-state index >= 15 is 0 Å². The molecule has 0 radical (unpaired) electrons. The molecule has 0 aliphatic carbocycles. The highest BCUT2D eigenvalue weighted by molar-refractivity contribution is 8.15. The maximum absolute atomic E-state index is 10.6. The van der Waals surface area contributed by atoms with E-state index in [-0.39, 0.29) is 10.9 Å². The molecule has 0 bridgehead atoms. The highest BCUT2D eigenvalue weighted by Gasteiger charge is 2.03. The average molecular weight is 184 g/mol. The summed E-state index contributed by atoms with van der Waals surface area (Å²) in [6.45, 7) is 0. The first-order valence-corrected chi connectivity index (χ1v) is 5.85. The lowest BCUT2D eigenvalue weighted by Crippen LogP contribution is -1.95. The summed E-state index contributed by atoms with van der Waals surface area (Å²) in [4.78, 5) is 11.7. The van der Waals surface area contributed by atoms with Gasteiger partial charge in [0.15, 0.2) is 0 Å². The van der Waals surface area contributed by atoms with Crippen LogP contribution in [0.3, 0.4) is 0 Å². The van der Waals surface area contributed by atoms with Crippen molar-refractivity contribution < 1.29 is 9.90 Å². The van der Waals surface area contributed by atoms with Crippen LogP contribution in [0.15, 0.2) is 29.2 Å². The molecular formula is C9H12O2S. The fourth-order valence-corrected chi connectivity index (χ4v) is 1.70. The second-order valence-corrected chi connectivity index (χ2v) is 5.06. The summed E-state index contributed by atoms with van der Waals surface area (Å²) in [5, 5.41) is 8.70. The van der Waals surface area contributed by atoms with Crippen molar-refractivity contribution in [2.45, 2.75) is 4.90 Å². The topological polar surface area (TPSA) is 37.3 Å². The molecule has 1 N–H and O–H groups in total. The van der Waals surface area contributed by atoms with Gasteiger partial charge in [-0.2, -0.15) is 0 Å². The van der Waals surface area contributed by atoms with Gasteiger partial charge >= 0.3 is 5.97 Å². The first kappa shape index (κ1) is 9.13. The normalized spacial score (nSPS) is 11.0. The van der Waals surface area contributed by atoms with E-state index in [0.29, 0.717) is 5.56 Å².